The molecule has 0 amide bonds. The highest BCUT2D eigenvalue weighted by atomic mass is 32.8. The summed E-state index contributed by atoms with van der Waals surface area (Å²) in [6, 6.07) is 0. The first-order valence-electron chi connectivity index (χ1n) is 3.29. The molecule has 0 saturated carbocycles. The fraction of sp³-hybridized carbons (Fsp3) is 0.429. The van der Waals surface area contributed by atoms with E-state index in [1.165, 1.54) is 4.91 Å². The van der Waals surface area contributed by atoms with Gasteiger partial charge in [-0.15, -0.1) is 0 Å². The van der Waals surface area contributed by atoms with Gasteiger partial charge >= 0.3 is 0 Å². The van der Waals surface area contributed by atoms with Crippen LogP contribution < -0.4 is 0 Å². The SMILES string of the molecule is CCCC1=CC=CS1=S=O. The molecule has 0 radical (unpaired) electrons. The van der Waals surface area contributed by atoms with Crippen molar-refractivity contribution in [2.24, 2.45) is 0 Å². The second-order valence-corrected chi connectivity index (χ2v) is 5.09. The highest BCUT2D eigenvalue weighted by Crippen LogP contribution is 2.17. The molecule has 1 nitrogen and oxygen atoms in total. The zero-order valence-electron chi connectivity index (χ0n) is 5.87. The van der Waals surface area contributed by atoms with Crippen molar-refractivity contribution in [1.29, 1.82) is 0 Å². The van der Waals surface area contributed by atoms with Crippen LogP contribution in [0.3, 0.4) is 0 Å². The molecule has 0 aliphatic carbocycles. The molecule has 0 bridgehead atoms. The van der Waals surface area contributed by atoms with Gasteiger partial charge in [-0.1, -0.05) is 25.5 Å². The molecule has 0 aromatic heterocycles. The molecule has 10 heavy (non-hydrogen) atoms. The molecular formula is C7H10OS2. The number of rotatable bonds is 2. The van der Waals surface area contributed by atoms with Crippen molar-refractivity contribution < 1.29 is 4.21 Å². The van der Waals surface area contributed by atoms with Crippen molar-refractivity contribution in [3.8, 4) is 0 Å². The normalized spacial score (nSPS) is 22.9. The van der Waals surface area contributed by atoms with Crippen LogP contribution in [0.5, 0.6) is 0 Å². The summed E-state index contributed by atoms with van der Waals surface area (Å²) in [6.07, 6.45) is 6.26. The van der Waals surface area contributed by atoms with Crippen LogP contribution in [0.4, 0.5) is 0 Å². The van der Waals surface area contributed by atoms with Crippen LogP contribution in [0.1, 0.15) is 19.8 Å². The third-order valence-corrected chi connectivity index (χ3v) is 4.14. The predicted octanol–water partition coefficient (Wildman–Crippen LogP) is 1.94. The van der Waals surface area contributed by atoms with E-state index in [9.17, 15) is 4.21 Å². The van der Waals surface area contributed by atoms with Crippen LogP contribution in [0.15, 0.2) is 22.5 Å². The highest BCUT2D eigenvalue weighted by Gasteiger charge is 2.03. The van der Waals surface area contributed by atoms with E-state index >= 15 is 0 Å². The highest BCUT2D eigenvalue weighted by molar-refractivity contribution is 8.35. The quantitative estimate of drug-likeness (QED) is 0.625. The van der Waals surface area contributed by atoms with E-state index in [1.54, 1.807) is 0 Å². The van der Waals surface area contributed by atoms with Gasteiger partial charge in [-0.25, -0.2) is 4.21 Å². The maximum Gasteiger partial charge on any atom is 0.129 e. The third-order valence-electron chi connectivity index (χ3n) is 1.31. The maximum absolute atomic E-state index is 10.5. The minimum Gasteiger partial charge on any atom is -0.205 e. The summed E-state index contributed by atoms with van der Waals surface area (Å²) >= 11 is 0. The largest absolute Gasteiger partial charge is 0.205 e. The topological polar surface area (TPSA) is 17.1 Å². The van der Waals surface area contributed by atoms with Gasteiger partial charge in [0.2, 0.25) is 0 Å². The second-order valence-electron chi connectivity index (χ2n) is 2.08. The fourth-order valence-electron chi connectivity index (χ4n) is 0.869. The van der Waals surface area contributed by atoms with Crippen LogP contribution >= 0.6 is 0 Å². The first-order chi connectivity index (χ1) is 4.88. The first-order valence-corrected chi connectivity index (χ1v) is 5.84. The van der Waals surface area contributed by atoms with Gasteiger partial charge < -0.3 is 0 Å². The van der Waals surface area contributed by atoms with E-state index in [2.05, 4.69) is 13.0 Å². The lowest BCUT2D eigenvalue weighted by Gasteiger charge is -1.96. The van der Waals surface area contributed by atoms with Crippen molar-refractivity contribution in [1.82, 2.24) is 0 Å². The fourth-order valence-corrected chi connectivity index (χ4v) is 3.02. The first kappa shape index (κ1) is 7.95. The molecule has 0 saturated heterocycles. The Morgan fingerprint density at radius 1 is 1.70 bits per heavy atom. The van der Waals surface area contributed by atoms with Crippen molar-refractivity contribution >= 4 is 19.7 Å². The van der Waals surface area contributed by atoms with Gasteiger partial charge in [-0.05, 0) is 26.2 Å². The Labute approximate surface area is 66.5 Å². The smallest absolute Gasteiger partial charge is 0.129 e. The summed E-state index contributed by atoms with van der Waals surface area (Å²) in [5, 5.41) is 1.99. The molecule has 0 fully saturated rings. The molecule has 0 aromatic rings. The number of hydrogen-bond acceptors (Lipinski definition) is 1. The zero-order valence-corrected chi connectivity index (χ0v) is 7.50. The molecule has 0 spiro atoms. The third kappa shape index (κ3) is 1.67. The van der Waals surface area contributed by atoms with E-state index in [4.69, 9.17) is 0 Å². The molecule has 1 aliphatic rings. The van der Waals surface area contributed by atoms with Crippen molar-refractivity contribution in [2.45, 2.75) is 19.8 Å². The molecule has 3 heteroatoms. The van der Waals surface area contributed by atoms with Crippen LogP contribution in [0, 0.1) is 0 Å². The molecule has 56 valence electrons. The standard InChI is InChI=1S/C7H10OS2/c1-2-4-7-5-3-6-10(7)9-8/h3,5-6H,2,4H2,1H3. The van der Waals surface area contributed by atoms with E-state index < -0.39 is 0 Å². The molecule has 0 N–H and O–H groups in total. The Hall–Kier alpha value is -0.150. The lowest BCUT2D eigenvalue weighted by molar-refractivity contribution is 0.701. The van der Waals surface area contributed by atoms with Gasteiger partial charge in [-0.3, -0.25) is 0 Å². The molecule has 0 aromatic carbocycles. The van der Waals surface area contributed by atoms with Crippen LogP contribution in [-0.2, 0) is 19.7 Å². The summed E-state index contributed by atoms with van der Waals surface area (Å²) in [5.74, 6) is 0. The number of allylic oxidation sites excluding steroid dienone is 3. The maximum atomic E-state index is 10.5. The lowest BCUT2D eigenvalue weighted by atomic mass is 10.3. The second kappa shape index (κ2) is 3.88. The lowest BCUT2D eigenvalue weighted by Crippen LogP contribution is -1.84. The van der Waals surface area contributed by atoms with E-state index in [0.29, 0.717) is 10.2 Å². The summed E-state index contributed by atoms with van der Waals surface area (Å²) in [5.41, 5.74) is 0. The van der Waals surface area contributed by atoms with Crippen LogP contribution in [0.2, 0.25) is 0 Å². The van der Waals surface area contributed by atoms with Gasteiger partial charge in [0.15, 0.2) is 0 Å². The van der Waals surface area contributed by atoms with Gasteiger partial charge in [0.1, 0.15) is 10.2 Å². The molecule has 1 aliphatic heterocycles. The molecule has 1 heterocycles. The molecule has 1 unspecified atom stereocenters. The van der Waals surface area contributed by atoms with Crippen molar-refractivity contribution in [2.75, 3.05) is 0 Å². The van der Waals surface area contributed by atoms with E-state index in [-0.39, 0.29) is 9.45 Å². The minimum absolute atomic E-state index is 0.130. The summed E-state index contributed by atoms with van der Waals surface area (Å²) in [7, 11) is 0.573. The van der Waals surface area contributed by atoms with Crippen molar-refractivity contribution in [3.63, 3.8) is 0 Å². The average Bonchev–Trinajstić information content (AvgIpc) is 2.36. The summed E-state index contributed by atoms with van der Waals surface area (Å²) < 4.78 is 10.5. The Bertz CT molecular complexity index is 234. The molecule has 1 atom stereocenters. The molecular weight excluding hydrogens is 164 g/mol. The Morgan fingerprint density at radius 2 is 2.50 bits per heavy atom. The van der Waals surface area contributed by atoms with Gasteiger partial charge in [0.05, 0.1) is 0 Å². The van der Waals surface area contributed by atoms with Crippen LogP contribution in [0.25, 0.3) is 0 Å². The van der Waals surface area contributed by atoms with Crippen LogP contribution in [-0.4, -0.2) is 4.21 Å². The van der Waals surface area contributed by atoms with Gasteiger partial charge in [0.25, 0.3) is 0 Å². The van der Waals surface area contributed by atoms with Gasteiger partial charge in [0, 0.05) is 0 Å². The minimum atomic E-state index is -0.130. The molecule has 1 rings (SSSR count). The average molecular weight is 174 g/mol. The Morgan fingerprint density at radius 3 is 3.10 bits per heavy atom. The van der Waals surface area contributed by atoms with E-state index in [0.717, 1.165) is 12.8 Å². The Kier molecular flexibility index (Phi) is 3.09. The predicted molar refractivity (Wildman–Crippen MR) is 47.6 cm³/mol. The number of hydrogen-bond donors (Lipinski definition) is 0. The van der Waals surface area contributed by atoms with E-state index in [1.807, 2.05) is 11.5 Å². The zero-order chi connectivity index (χ0) is 7.40. The summed E-state index contributed by atoms with van der Waals surface area (Å²) in [4.78, 5) is 1.31. The monoisotopic (exact) mass is 174 g/mol. The van der Waals surface area contributed by atoms with Crippen molar-refractivity contribution in [3.05, 3.63) is 22.5 Å². The van der Waals surface area contributed by atoms with Gasteiger partial charge in [-0.2, -0.15) is 0 Å². The summed E-state index contributed by atoms with van der Waals surface area (Å²) in [6.45, 7) is 2.14. The Balaban J connectivity index is 2.72.